The van der Waals surface area contributed by atoms with E-state index in [4.69, 9.17) is 5.73 Å². The largest absolute Gasteiger partial charge is 0.398 e. The first kappa shape index (κ1) is 13.6. The second kappa shape index (κ2) is 5.44. The molecule has 0 radical (unpaired) electrons. The molecule has 0 unspecified atom stereocenters. The van der Waals surface area contributed by atoms with Crippen LogP contribution >= 0.6 is 15.9 Å². The third kappa shape index (κ3) is 3.14. The van der Waals surface area contributed by atoms with Gasteiger partial charge in [-0.3, -0.25) is 9.89 Å². The lowest BCUT2D eigenvalue weighted by atomic mass is 10.1. The zero-order chi connectivity index (χ0) is 14.0. The number of halogens is 1. The summed E-state index contributed by atoms with van der Waals surface area (Å²) in [5.74, 6) is 0.554. The van der Waals surface area contributed by atoms with E-state index >= 15 is 0 Å². The van der Waals surface area contributed by atoms with Crippen LogP contribution in [-0.2, 0) is 0 Å². The van der Waals surface area contributed by atoms with Crippen molar-refractivity contribution < 1.29 is 4.79 Å². The first-order valence-corrected chi connectivity index (χ1v) is 6.68. The second-order valence-corrected chi connectivity index (χ2v) is 5.46. The summed E-state index contributed by atoms with van der Waals surface area (Å²) in [5.41, 5.74) is 7.63. The Kier molecular flexibility index (Phi) is 3.90. The molecule has 0 atom stereocenters. The van der Waals surface area contributed by atoms with Gasteiger partial charge in [0.15, 0.2) is 5.82 Å². The molecule has 0 aliphatic rings. The fourth-order valence-electron chi connectivity index (χ4n) is 1.62. The fraction of sp³-hybridized carbons (Fsp3) is 0.231. The van der Waals surface area contributed by atoms with Crippen LogP contribution in [0.1, 0.15) is 35.8 Å². The van der Waals surface area contributed by atoms with E-state index in [0.717, 1.165) is 10.2 Å². The third-order valence-corrected chi connectivity index (χ3v) is 3.21. The standard InChI is InChI=1S/C13H15BrN4O/c1-7(2)11-6-12(18-17-11)16-13(19)9-4-3-8(14)5-10(9)15/h3-7H,15H2,1-2H3,(H2,16,17,18,19). The molecule has 1 amide bonds. The summed E-state index contributed by atoms with van der Waals surface area (Å²) in [6.45, 7) is 4.09. The van der Waals surface area contributed by atoms with Crippen LogP contribution in [0, 0.1) is 0 Å². The maximum absolute atomic E-state index is 12.1. The molecule has 0 aliphatic carbocycles. The number of aromatic nitrogens is 2. The first-order valence-electron chi connectivity index (χ1n) is 5.89. The maximum atomic E-state index is 12.1. The van der Waals surface area contributed by atoms with Crippen molar-refractivity contribution in [3.05, 3.63) is 40.0 Å². The summed E-state index contributed by atoms with van der Waals surface area (Å²) in [7, 11) is 0. The molecule has 4 N–H and O–H groups in total. The van der Waals surface area contributed by atoms with Crippen molar-refractivity contribution in [3.63, 3.8) is 0 Å². The van der Waals surface area contributed by atoms with Crippen LogP contribution in [0.25, 0.3) is 0 Å². The number of hydrogen-bond donors (Lipinski definition) is 3. The van der Waals surface area contributed by atoms with E-state index in [0.29, 0.717) is 23.0 Å². The highest BCUT2D eigenvalue weighted by molar-refractivity contribution is 9.10. The van der Waals surface area contributed by atoms with Crippen LogP contribution in [0.5, 0.6) is 0 Å². The molecule has 0 fully saturated rings. The minimum absolute atomic E-state index is 0.271. The van der Waals surface area contributed by atoms with Crippen molar-refractivity contribution in [2.45, 2.75) is 19.8 Å². The molecule has 100 valence electrons. The Morgan fingerprint density at radius 2 is 2.16 bits per heavy atom. The average molecular weight is 323 g/mol. The zero-order valence-electron chi connectivity index (χ0n) is 10.7. The normalized spacial score (nSPS) is 10.7. The van der Waals surface area contributed by atoms with Crippen molar-refractivity contribution >= 4 is 33.3 Å². The van der Waals surface area contributed by atoms with Crippen LogP contribution in [0.15, 0.2) is 28.7 Å². The minimum Gasteiger partial charge on any atom is -0.398 e. The topological polar surface area (TPSA) is 83.8 Å². The lowest BCUT2D eigenvalue weighted by Gasteiger charge is -2.05. The second-order valence-electron chi connectivity index (χ2n) is 4.55. The summed E-state index contributed by atoms with van der Waals surface area (Å²) < 4.78 is 0.836. The molecule has 0 aliphatic heterocycles. The van der Waals surface area contributed by atoms with E-state index < -0.39 is 0 Å². The minimum atomic E-state index is -0.271. The van der Waals surface area contributed by atoms with Crippen LogP contribution in [0.4, 0.5) is 11.5 Å². The average Bonchev–Trinajstić information content (AvgIpc) is 2.77. The molecule has 6 heteroatoms. The Hall–Kier alpha value is -1.82. The molecular formula is C13H15BrN4O. The number of anilines is 2. The molecule has 2 rings (SSSR count). The summed E-state index contributed by atoms with van der Waals surface area (Å²) in [5, 5.41) is 9.64. The zero-order valence-corrected chi connectivity index (χ0v) is 12.3. The summed E-state index contributed by atoms with van der Waals surface area (Å²) in [6, 6.07) is 6.96. The predicted octanol–water partition coefficient (Wildman–Crippen LogP) is 3.13. The number of hydrogen-bond acceptors (Lipinski definition) is 3. The van der Waals surface area contributed by atoms with E-state index in [2.05, 4.69) is 31.4 Å². The molecular weight excluding hydrogens is 308 g/mol. The third-order valence-electron chi connectivity index (χ3n) is 2.72. The van der Waals surface area contributed by atoms with Gasteiger partial charge >= 0.3 is 0 Å². The number of nitrogens with one attached hydrogen (secondary N) is 2. The molecule has 0 saturated heterocycles. The molecule has 1 aromatic carbocycles. The monoisotopic (exact) mass is 322 g/mol. The Morgan fingerprint density at radius 1 is 1.42 bits per heavy atom. The first-order chi connectivity index (χ1) is 8.97. The van der Waals surface area contributed by atoms with Crippen LogP contribution in [0.3, 0.4) is 0 Å². The van der Waals surface area contributed by atoms with E-state index in [1.807, 2.05) is 19.9 Å². The molecule has 5 nitrogen and oxygen atoms in total. The van der Waals surface area contributed by atoms with Gasteiger partial charge in [0.1, 0.15) is 0 Å². The number of benzene rings is 1. The van der Waals surface area contributed by atoms with Gasteiger partial charge in [0.2, 0.25) is 0 Å². The van der Waals surface area contributed by atoms with Gasteiger partial charge in [-0.05, 0) is 24.1 Å². The highest BCUT2D eigenvalue weighted by Crippen LogP contribution is 2.20. The van der Waals surface area contributed by atoms with E-state index in [1.165, 1.54) is 0 Å². The number of amides is 1. The Morgan fingerprint density at radius 3 is 2.74 bits per heavy atom. The summed E-state index contributed by atoms with van der Waals surface area (Å²) >= 11 is 3.30. The number of carbonyl (C=O) groups excluding carboxylic acids is 1. The maximum Gasteiger partial charge on any atom is 0.258 e. The van der Waals surface area contributed by atoms with E-state index in [1.54, 1.807) is 18.2 Å². The summed E-state index contributed by atoms with van der Waals surface area (Å²) in [6.07, 6.45) is 0. The van der Waals surface area contributed by atoms with Gasteiger partial charge in [-0.2, -0.15) is 5.10 Å². The van der Waals surface area contributed by atoms with Gasteiger partial charge in [0.25, 0.3) is 5.91 Å². The van der Waals surface area contributed by atoms with Gasteiger partial charge in [0.05, 0.1) is 5.56 Å². The lowest BCUT2D eigenvalue weighted by Crippen LogP contribution is -2.14. The number of rotatable bonds is 3. The van der Waals surface area contributed by atoms with Gasteiger partial charge in [0, 0.05) is 21.9 Å². The van der Waals surface area contributed by atoms with Gasteiger partial charge in [-0.15, -0.1) is 0 Å². The van der Waals surface area contributed by atoms with Crippen molar-refractivity contribution in [2.75, 3.05) is 11.1 Å². The highest BCUT2D eigenvalue weighted by Gasteiger charge is 2.12. The quantitative estimate of drug-likeness (QED) is 0.759. The SMILES string of the molecule is CC(C)c1cc(NC(=O)c2ccc(Br)cc2N)n[nH]1. The molecule has 0 saturated carbocycles. The fourth-order valence-corrected chi connectivity index (χ4v) is 2.00. The number of nitrogens with zero attached hydrogens (tertiary/aromatic N) is 1. The van der Waals surface area contributed by atoms with Crippen molar-refractivity contribution in [1.82, 2.24) is 10.2 Å². The van der Waals surface area contributed by atoms with E-state index in [9.17, 15) is 4.79 Å². The molecule has 0 bridgehead atoms. The smallest absolute Gasteiger partial charge is 0.258 e. The van der Waals surface area contributed by atoms with Crippen LogP contribution in [-0.4, -0.2) is 16.1 Å². The Labute approximate surface area is 119 Å². The lowest BCUT2D eigenvalue weighted by molar-refractivity contribution is 0.102. The molecule has 19 heavy (non-hydrogen) atoms. The number of carbonyl (C=O) groups is 1. The van der Waals surface area contributed by atoms with Crippen LogP contribution < -0.4 is 11.1 Å². The number of nitrogen functional groups attached to an aromatic ring is 1. The van der Waals surface area contributed by atoms with Crippen molar-refractivity contribution in [2.24, 2.45) is 0 Å². The molecule has 0 spiro atoms. The van der Waals surface area contributed by atoms with Crippen molar-refractivity contribution in [3.8, 4) is 0 Å². The Balaban J connectivity index is 2.16. The molecule has 1 aromatic heterocycles. The number of aromatic amines is 1. The van der Waals surface area contributed by atoms with Crippen LogP contribution in [0.2, 0.25) is 0 Å². The van der Waals surface area contributed by atoms with Crippen molar-refractivity contribution in [1.29, 1.82) is 0 Å². The Bertz CT molecular complexity index is 606. The predicted molar refractivity (Wildman–Crippen MR) is 79.2 cm³/mol. The van der Waals surface area contributed by atoms with Gasteiger partial charge < -0.3 is 11.1 Å². The van der Waals surface area contributed by atoms with Gasteiger partial charge in [-0.1, -0.05) is 29.8 Å². The highest BCUT2D eigenvalue weighted by atomic mass is 79.9. The molecule has 1 heterocycles. The van der Waals surface area contributed by atoms with E-state index in [-0.39, 0.29) is 5.91 Å². The number of nitrogens with two attached hydrogens (primary N) is 1. The van der Waals surface area contributed by atoms with Gasteiger partial charge in [-0.25, -0.2) is 0 Å². The molecule has 2 aromatic rings. The summed E-state index contributed by atoms with van der Waals surface area (Å²) in [4.78, 5) is 12.1. The number of H-pyrrole nitrogens is 1.